The lowest BCUT2D eigenvalue weighted by molar-refractivity contribution is -0.142. The van der Waals surface area contributed by atoms with Crippen LogP contribution in [0.25, 0.3) is 0 Å². The van der Waals surface area contributed by atoms with Gasteiger partial charge in [-0.25, -0.2) is 0 Å². The largest absolute Gasteiger partial charge is 0.396 e. The lowest BCUT2D eigenvalue weighted by Gasteiger charge is -2.19. The van der Waals surface area contributed by atoms with Gasteiger partial charge < -0.3 is 10.0 Å². The van der Waals surface area contributed by atoms with Gasteiger partial charge in [0.15, 0.2) is 0 Å². The first-order valence-corrected chi connectivity index (χ1v) is 3.81. The summed E-state index contributed by atoms with van der Waals surface area (Å²) in [5.41, 5.74) is 0. The van der Waals surface area contributed by atoms with Crippen LogP contribution in [0.2, 0.25) is 0 Å². The summed E-state index contributed by atoms with van der Waals surface area (Å²) in [7, 11) is 0. The van der Waals surface area contributed by atoms with Gasteiger partial charge >= 0.3 is 6.43 Å². The Morgan fingerprint density at radius 2 is 2.17 bits per heavy atom. The SMILES string of the molecule is CCN(CCCO)C(=O)C(F)F. The van der Waals surface area contributed by atoms with Crippen LogP contribution in [-0.4, -0.2) is 42.0 Å². The molecule has 0 saturated heterocycles. The van der Waals surface area contributed by atoms with E-state index in [4.69, 9.17) is 5.11 Å². The van der Waals surface area contributed by atoms with Crippen LogP contribution in [0.5, 0.6) is 0 Å². The molecule has 0 aromatic heterocycles. The van der Waals surface area contributed by atoms with Crippen LogP contribution in [0.4, 0.5) is 8.78 Å². The Labute approximate surface area is 70.0 Å². The van der Waals surface area contributed by atoms with Gasteiger partial charge in [-0.05, 0) is 13.3 Å². The van der Waals surface area contributed by atoms with Gasteiger partial charge in [0.1, 0.15) is 0 Å². The van der Waals surface area contributed by atoms with Crippen LogP contribution in [0, 0.1) is 0 Å². The molecule has 0 fully saturated rings. The number of halogens is 2. The first kappa shape index (κ1) is 11.3. The summed E-state index contributed by atoms with van der Waals surface area (Å²) in [6.07, 6.45) is -2.60. The molecule has 0 aliphatic rings. The highest BCUT2D eigenvalue weighted by Gasteiger charge is 2.20. The highest BCUT2D eigenvalue weighted by atomic mass is 19.3. The highest BCUT2D eigenvalue weighted by molar-refractivity contribution is 5.79. The molecule has 0 aliphatic heterocycles. The first-order chi connectivity index (χ1) is 5.63. The van der Waals surface area contributed by atoms with Crippen LogP contribution < -0.4 is 0 Å². The number of alkyl halides is 2. The number of rotatable bonds is 5. The smallest absolute Gasteiger partial charge is 0.315 e. The number of amides is 1. The molecule has 5 heteroatoms. The lowest BCUT2D eigenvalue weighted by Crippen LogP contribution is -2.36. The molecule has 0 atom stereocenters. The summed E-state index contributed by atoms with van der Waals surface area (Å²) < 4.78 is 23.7. The van der Waals surface area contributed by atoms with Crippen LogP contribution in [-0.2, 0) is 4.79 Å². The molecule has 0 aliphatic carbocycles. The number of carbonyl (C=O) groups excluding carboxylic acids is 1. The molecule has 0 radical (unpaired) electrons. The van der Waals surface area contributed by atoms with E-state index in [1.54, 1.807) is 6.92 Å². The fourth-order valence-corrected chi connectivity index (χ4v) is 0.824. The maximum absolute atomic E-state index is 11.8. The van der Waals surface area contributed by atoms with Gasteiger partial charge in [-0.15, -0.1) is 0 Å². The molecule has 72 valence electrons. The third kappa shape index (κ3) is 3.61. The maximum atomic E-state index is 11.8. The Morgan fingerprint density at radius 1 is 1.58 bits per heavy atom. The minimum Gasteiger partial charge on any atom is -0.396 e. The Kier molecular flexibility index (Phi) is 5.53. The van der Waals surface area contributed by atoms with Crippen molar-refractivity contribution in [2.45, 2.75) is 19.8 Å². The van der Waals surface area contributed by atoms with Crippen molar-refractivity contribution >= 4 is 5.91 Å². The molecular formula is C7H13F2NO2. The van der Waals surface area contributed by atoms with Gasteiger partial charge in [0.2, 0.25) is 0 Å². The van der Waals surface area contributed by atoms with E-state index in [9.17, 15) is 13.6 Å². The minimum absolute atomic E-state index is 0.0903. The average Bonchev–Trinajstić information content (AvgIpc) is 2.05. The standard InChI is InChI=1S/C7H13F2NO2/c1-2-10(4-3-5-11)7(12)6(8)9/h6,11H,2-5H2,1H3. The Balaban J connectivity index is 3.88. The van der Waals surface area contributed by atoms with E-state index in [1.807, 2.05) is 0 Å². The van der Waals surface area contributed by atoms with Gasteiger partial charge in [0.05, 0.1) is 0 Å². The molecule has 0 heterocycles. The van der Waals surface area contributed by atoms with E-state index in [-0.39, 0.29) is 19.7 Å². The molecule has 0 aromatic carbocycles. The van der Waals surface area contributed by atoms with Gasteiger partial charge in [0.25, 0.3) is 5.91 Å². The molecule has 0 spiro atoms. The fourth-order valence-electron chi connectivity index (χ4n) is 0.824. The van der Waals surface area contributed by atoms with E-state index in [2.05, 4.69) is 0 Å². The van der Waals surface area contributed by atoms with Crippen molar-refractivity contribution in [1.82, 2.24) is 4.90 Å². The molecule has 0 unspecified atom stereocenters. The van der Waals surface area contributed by atoms with Crippen LogP contribution >= 0.6 is 0 Å². The van der Waals surface area contributed by atoms with E-state index in [0.29, 0.717) is 6.42 Å². The Hall–Kier alpha value is -0.710. The van der Waals surface area contributed by atoms with Crippen molar-refractivity contribution in [3.8, 4) is 0 Å². The van der Waals surface area contributed by atoms with Gasteiger partial charge in [-0.1, -0.05) is 0 Å². The number of carbonyl (C=O) groups is 1. The van der Waals surface area contributed by atoms with Crippen molar-refractivity contribution in [2.75, 3.05) is 19.7 Å². The summed E-state index contributed by atoms with van der Waals surface area (Å²) in [5.74, 6) is -1.16. The summed E-state index contributed by atoms with van der Waals surface area (Å²) in [5, 5.41) is 8.41. The second kappa shape index (κ2) is 5.88. The summed E-state index contributed by atoms with van der Waals surface area (Å²) in [6, 6.07) is 0. The summed E-state index contributed by atoms with van der Waals surface area (Å²) in [4.78, 5) is 11.7. The number of hydrogen-bond acceptors (Lipinski definition) is 2. The minimum atomic E-state index is -2.94. The predicted molar refractivity (Wildman–Crippen MR) is 40.0 cm³/mol. The molecule has 0 rings (SSSR count). The zero-order valence-corrected chi connectivity index (χ0v) is 6.96. The number of nitrogens with zero attached hydrogens (tertiary/aromatic N) is 1. The normalized spacial score (nSPS) is 10.4. The van der Waals surface area contributed by atoms with Crippen molar-refractivity contribution < 1.29 is 18.7 Å². The number of aliphatic hydroxyl groups is 1. The molecule has 1 amide bonds. The lowest BCUT2D eigenvalue weighted by atomic mass is 10.4. The summed E-state index contributed by atoms with van der Waals surface area (Å²) >= 11 is 0. The third-order valence-corrected chi connectivity index (χ3v) is 1.47. The zero-order chi connectivity index (χ0) is 9.56. The fraction of sp³-hybridized carbons (Fsp3) is 0.857. The van der Waals surface area contributed by atoms with Crippen molar-refractivity contribution in [3.05, 3.63) is 0 Å². The number of hydrogen-bond donors (Lipinski definition) is 1. The van der Waals surface area contributed by atoms with Crippen LogP contribution in [0.15, 0.2) is 0 Å². The predicted octanol–water partition coefficient (Wildman–Crippen LogP) is 0.482. The molecule has 1 N–H and O–H groups in total. The van der Waals surface area contributed by atoms with Crippen LogP contribution in [0.1, 0.15) is 13.3 Å². The maximum Gasteiger partial charge on any atom is 0.315 e. The topological polar surface area (TPSA) is 40.5 Å². The zero-order valence-electron chi connectivity index (χ0n) is 6.96. The molecule has 0 saturated carbocycles. The number of aliphatic hydroxyl groups excluding tert-OH is 1. The van der Waals surface area contributed by atoms with Gasteiger partial charge in [-0.2, -0.15) is 8.78 Å². The average molecular weight is 181 g/mol. The van der Waals surface area contributed by atoms with E-state index in [0.717, 1.165) is 4.90 Å². The van der Waals surface area contributed by atoms with Crippen LogP contribution in [0.3, 0.4) is 0 Å². The van der Waals surface area contributed by atoms with E-state index < -0.39 is 12.3 Å². The molecule has 0 aromatic rings. The quantitative estimate of drug-likeness (QED) is 0.670. The Morgan fingerprint density at radius 3 is 2.50 bits per heavy atom. The second-order valence-corrected chi connectivity index (χ2v) is 2.30. The monoisotopic (exact) mass is 181 g/mol. The molecule has 3 nitrogen and oxygen atoms in total. The third-order valence-electron chi connectivity index (χ3n) is 1.47. The van der Waals surface area contributed by atoms with E-state index in [1.165, 1.54) is 0 Å². The van der Waals surface area contributed by atoms with Crippen molar-refractivity contribution in [1.29, 1.82) is 0 Å². The Bertz CT molecular complexity index is 141. The molecule has 12 heavy (non-hydrogen) atoms. The van der Waals surface area contributed by atoms with Gasteiger partial charge in [-0.3, -0.25) is 4.79 Å². The second-order valence-electron chi connectivity index (χ2n) is 2.30. The molecule has 0 bridgehead atoms. The highest BCUT2D eigenvalue weighted by Crippen LogP contribution is 2.01. The van der Waals surface area contributed by atoms with Gasteiger partial charge in [0, 0.05) is 19.7 Å². The van der Waals surface area contributed by atoms with Crippen molar-refractivity contribution in [2.24, 2.45) is 0 Å². The molecular weight excluding hydrogens is 168 g/mol. The van der Waals surface area contributed by atoms with E-state index >= 15 is 0 Å². The van der Waals surface area contributed by atoms with Crippen molar-refractivity contribution in [3.63, 3.8) is 0 Å². The summed E-state index contributed by atoms with van der Waals surface area (Å²) in [6.45, 7) is 1.98. The first-order valence-electron chi connectivity index (χ1n) is 3.81.